The fourth-order valence-electron chi connectivity index (χ4n) is 1.40. The molecular formula is C11H10BrNO4S3. The van der Waals surface area contributed by atoms with Crippen LogP contribution in [0.15, 0.2) is 25.5 Å². The zero-order valence-corrected chi connectivity index (χ0v) is 14.5. The highest BCUT2D eigenvalue weighted by Gasteiger charge is 2.22. The number of carbonyl (C=O) groups is 1. The van der Waals surface area contributed by atoms with Gasteiger partial charge in [0.05, 0.1) is 16.6 Å². The lowest BCUT2D eigenvalue weighted by Crippen LogP contribution is -2.13. The molecular weight excluding hydrogens is 386 g/mol. The van der Waals surface area contributed by atoms with Crippen molar-refractivity contribution in [2.24, 2.45) is 0 Å². The fourth-order valence-corrected chi connectivity index (χ4v) is 5.53. The summed E-state index contributed by atoms with van der Waals surface area (Å²) in [5, 5.41) is 1.62. The number of esters is 1. The van der Waals surface area contributed by atoms with Crippen molar-refractivity contribution in [2.45, 2.75) is 11.1 Å². The Hall–Kier alpha value is -0.900. The standard InChI is InChI=1S/C11H10BrNO4S3/c1-6-5-8(19-10(6)12)20(15,16)13-7-3-4-18-9(7)11(14)17-2/h3-5,13H,1-2H3. The first kappa shape index (κ1) is 15.5. The van der Waals surface area contributed by atoms with Crippen LogP contribution in [-0.4, -0.2) is 21.5 Å². The zero-order chi connectivity index (χ0) is 14.9. The molecule has 0 radical (unpaired) electrons. The monoisotopic (exact) mass is 395 g/mol. The van der Waals surface area contributed by atoms with Crippen molar-refractivity contribution in [3.05, 3.63) is 31.7 Å². The van der Waals surface area contributed by atoms with Gasteiger partial charge in [0.2, 0.25) is 0 Å². The Morgan fingerprint density at radius 2 is 2.15 bits per heavy atom. The maximum atomic E-state index is 12.3. The van der Waals surface area contributed by atoms with Crippen LogP contribution < -0.4 is 4.72 Å². The van der Waals surface area contributed by atoms with Crippen LogP contribution in [0.25, 0.3) is 0 Å². The van der Waals surface area contributed by atoms with Crippen molar-refractivity contribution in [1.82, 2.24) is 0 Å². The third-order valence-electron chi connectivity index (χ3n) is 2.38. The van der Waals surface area contributed by atoms with Crippen molar-refractivity contribution in [1.29, 1.82) is 0 Å². The van der Waals surface area contributed by atoms with Crippen molar-refractivity contribution < 1.29 is 17.9 Å². The van der Waals surface area contributed by atoms with Gasteiger partial charge in [0.25, 0.3) is 10.0 Å². The summed E-state index contributed by atoms with van der Waals surface area (Å²) >= 11 is 5.53. The Kier molecular flexibility index (Phi) is 4.52. The Balaban J connectivity index is 2.34. The van der Waals surface area contributed by atoms with E-state index in [4.69, 9.17) is 0 Å². The molecule has 20 heavy (non-hydrogen) atoms. The third kappa shape index (κ3) is 3.05. The summed E-state index contributed by atoms with van der Waals surface area (Å²) in [4.78, 5) is 11.7. The molecule has 0 saturated heterocycles. The lowest BCUT2D eigenvalue weighted by atomic mass is 10.4. The average Bonchev–Trinajstić information content (AvgIpc) is 2.96. The van der Waals surface area contributed by atoms with E-state index in [1.165, 1.54) is 13.2 Å². The second-order valence-electron chi connectivity index (χ2n) is 3.78. The summed E-state index contributed by atoms with van der Waals surface area (Å²) < 4.78 is 32.5. The zero-order valence-electron chi connectivity index (χ0n) is 10.5. The predicted octanol–water partition coefficient (Wildman–Crippen LogP) is 3.47. The van der Waals surface area contributed by atoms with Gasteiger partial charge in [0, 0.05) is 0 Å². The molecule has 5 nitrogen and oxygen atoms in total. The normalized spacial score (nSPS) is 11.3. The van der Waals surface area contributed by atoms with Gasteiger partial charge in [-0.25, -0.2) is 13.2 Å². The van der Waals surface area contributed by atoms with Crippen molar-refractivity contribution in [3.8, 4) is 0 Å². The molecule has 2 aromatic rings. The molecule has 0 atom stereocenters. The summed E-state index contributed by atoms with van der Waals surface area (Å²) in [5.41, 5.74) is 1.07. The number of nitrogens with one attached hydrogen (secondary N) is 1. The van der Waals surface area contributed by atoms with E-state index in [1.807, 2.05) is 6.92 Å². The van der Waals surface area contributed by atoms with Crippen LogP contribution in [-0.2, 0) is 14.8 Å². The quantitative estimate of drug-likeness (QED) is 0.804. The predicted molar refractivity (Wildman–Crippen MR) is 83.2 cm³/mol. The first-order valence-electron chi connectivity index (χ1n) is 5.29. The molecule has 0 spiro atoms. The Morgan fingerprint density at radius 1 is 1.45 bits per heavy atom. The van der Waals surface area contributed by atoms with Gasteiger partial charge in [-0.1, -0.05) is 0 Å². The van der Waals surface area contributed by atoms with E-state index < -0.39 is 16.0 Å². The Morgan fingerprint density at radius 3 is 2.70 bits per heavy atom. The second-order valence-corrected chi connectivity index (χ2v) is 8.98. The van der Waals surface area contributed by atoms with Crippen LogP contribution in [0.2, 0.25) is 0 Å². The molecule has 0 fully saturated rings. The van der Waals surface area contributed by atoms with Crippen LogP contribution in [0.3, 0.4) is 0 Å². The van der Waals surface area contributed by atoms with Gasteiger partial charge in [-0.2, -0.15) is 0 Å². The molecule has 2 rings (SSSR count). The van der Waals surface area contributed by atoms with Crippen LogP contribution in [0.1, 0.15) is 15.2 Å². The van der Waals surface area contributed by atoms with Crippen molar-refractivity contribution in [3.63, 3.8) is 0 Å². The van der Waals surface area contributed by atoms with Gasteiger partial charge in [-0.15, -0.1) is 22.7 Å². The number of hydrogen-bond donors (Lipinski definition) is 1. The smallest absolute Gasteiger partial charge is 0.350 e. The number of ether oxygens (including phenoxy) is 1. The van der Waals surface area contributed by atoms with Gasteiger partial charge in [-0.3, -0.25) is 4.72 Å². The number of hydrogen-bond acceptors (Lipinski definition) is 6. The molecule has 2 aromatic heterocycles. The Bertz CT molecular complexity index is 728. The lowest BCUT2D eigenvalue weighted by molar-refractivity contribution is 0.0607. The molecule has 0 aliphatic heterocycles. The van der Waals surface area contributed by atoms with Crippen LogP contribution >= 0.6 is 38.6 Å². The highest BCUT2D eigenvalue weighted by Crippen LogP contribution is 2.33. The largest absolute Gasteiger partial charge is 0.465 e. The van der Waals surface area contributed by atoms with E-state index in [-0.39, 0.29) is 14.8 Å². The molecule has 0 aliphatic carbocycles. The molecule has 0 aromatic carbocycles. The molecule has 0 aliphatic rings. The molecule has 0 unspecified atom stereocenters. The number of sulfonamides is 1. The summed E-state index contributed by atoms with van der Waals surface area (Å²) in [6, 6.07) is 3.10. The van der Waals surface area contributed by atoms with Crippen molar-refractivity contribution >= 4 is 60.3 Å². The van der Waals surface area contributed by atoms with Gasteiger partial charge >= 0.3 is 5.97 Å². The summed E-state index contributed by atoms with van der Waals surface area (Å²) in [6.07, 6.45) is 0. The molecule has 108 valence electrons. The van der Waals surface area contributed by atoms with E-state index in [1.54, 1.807) is 11.4 Å². The lowest BCUT2D eigenvalue weighted by Gasteiger charge is -2.06. The number of methoxy groups -OCH3 is 1. The molecule has 0 bridgehead atoms. The van der Waals surface area contributed by atoms with E-state index in [9.17, 15) is 13.2 Å². The number of carbonyl (C=O) groups excluding carboxylic acids is 1. The van der Waals surface area contributed by atoms with E-state index >= 15 is 0 Å². The first-order valence-corrected chi connectivity index (χ1v) is 9.27. The number of halogens is 1. The minimum atomic E-state index is -3.71. The summed E-state index contributed by atoms with van der Waals surface area (Å²) in [5.74, 6) is -0.568. The van der Waals surface area contributed by atoms with Crippen molar-refractivity contribution in [2.75, 3.05) is 11.8 Å². The molecule has 9 heteroatoms. The van der Waals surface area contributed by atoms with E-state index in [0.29, 0.717) is 0 Å². The number of anilines is 1. The van der Waals surface area contributed by atoms with Gasteiger partial charge in [-0.05, 0) is 45.9 Å². The Labute approximate surface area is 132 Å². The molecule has 2 heterocycles. The summed E-state index contributed by atoms with van der Waals surface area (Å²) in [6.45, 7) is 1.81. The number of aryl methyl sites for hydroxylation is 1. The maximum absolute atomic E-state index is 12.3. The van der Waals surface area contributed by atoms with E-state index in [2.05, 4.69) is 25.4 Å². The van der Waals surface area contributed by atoms with Gasteiger partial charge < -0.3 is 4.74 Å². The number of rotatable bonds is 4. The van der Waals surface area contributed by atoms with Crippen LogP contribution in [0, 0.1) is 6.92 Å². The highest BCUT2D eigenvalue weighted by molar-refractivity contribution is 9.11. The first-order chi connectivity index (χ1) is 9.35. The molecule has 0 amide bonds. The average molecular weight is 396 g/mol. The minimum absolute atomic E-state index is 0.184. The molecule has 0 saturated carbocycles. The maximum Gasteiger partial charge on any atom is 0.350 e. The van der Waals surface area contributed by atoms with Gasteiger partial charge in [0.15, 0.2) is 0 Å². The third-order valence-corrected chi connectivity index (χ3v) is 7.25. The van der Waals surface area contributed by atoms with E-state index in [0.717, 1.165) is 32.0 Å². The fraction of sp³-hybridized carbons (Fsp3) is 0.182. The number of thiophene rings is 2. The molecule has 1 N–H and O–H groups in total. The highest BCUT2D eigenvalue weighted by atomic mass is 79.9. The summed E-state index contributed by atoms with van der Waals surface area (Å²) in [7, 11) is -2.46. The minimum Gasteiger partial charge on any atom is -0.465 e. The van der Waals surface area contributed by atoms with Crippen LogP contribution in [0.5, 0.6) is 0 Å². The topological polar surface area (TPSA) is 72.5 Å². The van der Waals surface area contributed by atoms with Crippen LogP contribution in [0.4, 0.5) is 5.69 Å². The van der Waals surface area contributed by atoms with Gasteiger partial charge in [0.1, 0.15) is 9.09 Å². The SMILES string of the molecule is COC(=O)c1sccc1NS(=O)(=O)c1cc(C)c(Br)s1. The second kappa shape index (κ2) is 5.84.